The molecule has 0 saturated heterocycles. The summed E-state index contributed by atoms with van der Waals surface area (Å²) in [6, 6.07) is 9.62. The lowest BCUT2D eigenvalue weighted by Gasteiger charge is -2.25. The Balaban J connectivity index is 1.59. The Morgan fingerprint density at radius 1 is 1.10 bits per heavy atom. The highest BCUT2D eigenvalue weighted by molar-refractivity contribution is 6.30. The van der Waals surface area contributed by atoms with E-state index < -0.39 is 30.2 Å². The fourth-order valence-electron chi connectivity index (χ4n) is 4.74. The molecule has 222 valence electrons. The van der Waals surface area contributed by atoms with Crippen molar-refractivity contribution in [2.24, 2.45) is 0 Å². The van der Waals surface area contributed by atoms with Crippen LogP contribution in [0.4, 0.5) is 13.2 Å². The van der Waals surface area contributed by atoms with Crippen LogP contribution in [0.5, 0.6) is 11.5 Å². The van der Waals surface area contributed by atoms with E-state index in [9.17, 15) is 18.0 Å². The molecule has 0 bridgehead atoms. The summed E-state index contributed by atoms with van der Waals surface area (Å²) in [5.41, 5.74) is 0.964. The molecule has 2 aromatic heterocycles. The van der Waals surface area contributed by atoms with E-state index in [-0.39, 0.29) is 48.4 Å². The number of benzene rings is 2. The van der Waals surface area contributed by atoms with Gasteiger partial charge in [0.25, 0.3) is 0 Å². The number of fused-ring (bicyclic) bond motifs is 3. The first kappa shape index (κ1) is 29.3. The normalized spacial score (nSPS) is 16.4. The number of alkyl halides is 3. The molecule has 0 saturated carbocycles. The largest absolute Gasteiger partial charge is 0.493 e. The van der Waals surface area contributed by atoms with Crippen LogP contribution in [-0.4, -0.2) is 61.8 Å². The predicted molar refractivity (Wildman–Crippen MR) is 139 cm³/mol. The molecule has 5 rings (SSSR count). The van der Waals surface area contributed by atoms with Crippen molar-refractivity contribution in [3.05, 3.63) is 70.0 Å². The van der Waals surface area contributed by atoms with E-state index in [1.54, 1.807) is 25.1 Å². The Labute approximate surface area is 242 Å². The second-order valence-electron chi connectivity index (χ2n) is 9.08. The summed E-state index contributed by atoms with van der Waals surface area (Å²) in [7, 11) is 2.93. The lowest BCUT2D eigenvalue weighted by atomic mass is 9.98. The van der Waals surface area contributed by atoms with Crippen LogP contribution in [0.1, 0.15) is 54.2 Å². The number of ether oxygens (including phenoxy) is 4. The highest BCUT2D eigenvalue weighted by Crippen LogP contribution is 2.47. The topological polar surface area (TPSA) is 128 Å². The Morgan fingerprint density at radius 2 is 1.90 bits per heavy atom. The summed E-state index contributed by atoms with van der Waals surface area (Å²) in [5, 5.41) is 19.7. The Bertz CT molecular complexity index is 1590. The molecule has 16 heteroatoms. The van der Waals surface area contributed by atoms with Crippen LogP contribution in [0.3, 0.4) is 0 Å². The number of hydrogen-bond acceptors (Lipinski definition) is 10. The van der Waals surface area contributed by atoms with E-state index >= 15 is 0 Å². The molecular formula is C26H25ClF3N7O5. The molecule has 0 unspecified atom stereocenters. The van der Waals surface area contributed by atoms with Gasteiger partial charge in [-0.2, -0.15) is 18.0 Å². The van der Waals surface area contributed by atoms with Crippen LogP contribution in [0.15, 0.2) is 36.4 Å². The van der Waals surface area contributed by atoms with Crippen LogP contribution in [0, 0.1) is 0 Å². The minimum atomic E-state index is -4.82. The van der Waals surface area contributed by atoms with Gasteiger partial charge < -0.3 is 18.9 Å². The monoisotopic (exact) mass is 607 g/mol. The maximum Gasteiger partial charge on any atom is 0.452 e. The van der Waals surface area contributed by atoms with Gasteiger partial charge >= 0.3 is 12.1 Å². The van der Waals surface area contributed by atoms with Crippen LogP contribution in [0.25, 0.3) is 5.69 Å². The van der Waals surface area contributed by atoms with E-state index in [4.69, 9.17) is 30.5 Å². The van der Waals surface area contributed by atoms with E-state index in [1.165, 1.54) is 37.2 Å². The van der Waals surface area contributed by atoms with Crippen molar-refractivity contribution < 1.29 is 36.9 Å². The van der Waals surface area contributed by atoms with Crippen LogP contribution in [0.2, 0.25) is 5.02 Å². The number of tetrazole rings is 1. The zero-order valence-corrected chi connectivity index (χ0v) is 23.4. The average molecular weight is 608 g/mol. The van der Waals surface area contributed by atoms with Gasteiger partial charge in [-0.3, -0.25) is 9.36 Å². The average Bonchev–Trinajstić information content (AvgIpc) is 3.57. The second kappa shape index (κ2) is 11.9. The molecule has 3 heterocycles. The number of aromatic nitrogens is 7. The summed E-state index contributed by atoms with van der Waals surface area (Å²) in [5.74, 6) is -0.933. The molecule has 2 aromatic carbocycles. The summed E-state index contributed by atoms with van der Waals surface area (Å²) in [6.45, 7) is 1.95. The van der Waals surface area contributed by atoms with Crippen molar-refractivity contribution in [3.8, 4) is 17.2 Å². The fourth-order valence-corrected chi connectivity index (χ4v) is 4.92. The van der Waals surface area contributed by atoms with Crippen molar-refractivity contribution in [2.45, 2.75) is 44.7 Å². The van der Waals surface area contributed by atoms with Crippen LogP contribution in [-0.2, 0) is 33.4 Å². The van der Waals surface area contributed by atoms with Gasteiger partial charge in [0.15, 0.2) is 23.1 Å². The number of esters is 1. The van der Waals surface area contributed by atoms with E-state index in [2.05, 4.69) is 25.6 Å². The molecule has 0 aliphatic carbocycles. The van der Waals surface area contributed by atoms with Gasteiger partial charge in [-0.1, -0.05) is 23.7 Å². The van der Waals surface area contributed by atoms with Gasteiger partial charge in [-0.25, -0.2) is 0 Å². The maximum atomic E-state index is 14.2. The third-order valence-electron chi connectivity index (χ3n) is 6.45. The third kappa shape index (κ3) is 5.74. The number of carbonyl (C=O) groups excluding carboxylic acids is 1. The molecule has 2 atom stereocenters. The molecule has 0 spiro atoms. The molecule has 42 heavy (non-hydrogen) atoms. The zero-order valence-electron chi connectivity index (χ0n) is 22.6. The highest BCUT2D eigenvalue weighted by atomic mass is 35.5. The molecule has 12 nitrogen and oxygen atoms in total. The molecule has 0 N–H and O–H groups in total. The molecule has 1 aliphatic rings. The minimum Gasteiger partial charge on any atom is -0.493 e. The number of hydrogen-bond donors (Lipinski definition) is 0. The SMILES string of the molecule is CCOC(=O)Cc1nnn(CC[C@H]2O[C@H](c3cccc(OC)c3OC)c3cc(Cl)ccc3-n3c2nnc3C(F)(F)F)n1. The molecule has 0 fully saturated rings. The summed E-state index contributed by atoms with van der Waals surface area (Å²) >= 11 is 6.35. The number of aryl methyl sites for hydroxylation is 1. The lowest BCUT2D eigenvalue weighted by Crippen LogP contribution is -2.17. The number of halogens is 4. The molecule has 1 aliphatic heterocycles. The minimum absolute atomic E-state index is 0.0633. The van der Waals surface area contributed by atoms with Gasteiger partial charge in [0.2, 0.25) is 5.82 Å². The van der Waals surface area contributed by atoms with E-state index in [0.717, 1.165) is 4.57 Å². The maximum absolute atomic E-state index is 14.2. The first-order valence-corrected chi connectivity index (χ1v) is 13.1. The molecule has 4 aromatic rings. The number of carbonyl (C=O) groups is 1. The Morgan fingerprint density at radius 3 is 2.62 bits per heavy atom. The van der Waals surface area contributed by atoms with Gasteiger partial charge in [-0.15, -0.1) is 20.4 Å². The van der Waals surface area contributed by atoms with Crippen LogP contribution >= 0.6 is 11.6 Å². The molecular weight excluding hydrogens is 583 g/mol. The molecule has 0 radical (unpaired) electrons. The quantitative estimate of drug-likeness (QED) is 0.254. The second-order valence-corrected chi connectivity index (χ2v) is 9.51. The smallest absolute Gasteiger partial charge is 0.452 e. The number of para-hydroxylation sites is 1. The van der Waals surface area contributed by atoms with Gasteiger partial charge in [-0.05, 0) is 36.4 Å². The third-order valence-corrected chi connectivity index (χ3v) is 6.69. The summed E-state index contributed by atoms with van der Waals surface area (Å²) in [4.78, 5) is 13.0. The summed E-state index contributed by atoms with van der Waals surface area (Å²) < 4.78 is 66.1. The number of methoxy groups -OCH3 is 2. The van der Waals surface area contributed by atoms with Crippen molar-refractivity contribution in [1.82, 2.24) is 35.0 Å². The lowest BCUT2D eigenvalue weighted by molar-refractivity contribution is -0.146. The first-order valence-electron chi connectivity index (χ1n) is 12.8. The first-order chi connectivity index (χ1) is 20.1. The van der Waals surface area contributed by atoms with Crippen LogP contribution < -0.4 is 9.47 Å². The number of rotatable bonds is 9. The van der Waals surface area contributed by atoms with Gasteiger partial charge in [0.1, 0.15) is 18.6 Å². The van der Waals surface area contributed by atoms with E-state index in [0.29, 0.717) is 22.6 Å². The predicted octanol–water partition coefficient (Wildman–Crippen LogP) is 4.30. The van der Waals surface area contributed by atoms with Gasteiger partial charge in [0, 0.05) is 22.6 Å². The molecule has 0 amide bonds. The zero-order chi connectivity index (χ0) is 30.0. The van der Waals surface area contributed by atoms with Gasteiger partial charge in [0.05, 0.1) is 33.1 Å². The van der Waals surface area contributed by atoms with E-state index in [1.807, 2.05) is 0 Å². The van der Waals surface area contributed by atoms with Crippen molar-refractivity contribution in [1.29, 1.82) is 0 Å². The number of nitrogens with zero attached hydrogens (tertiary/aromatic N) is 7. The van der Waals surface area contributed by atoms with Crippen molar-refractivity contribution >= 4 is 17.6 Å². The standard InChI is InChI=1S/C26H25ClF3N7O5/c1-4-41-21(38)13-20-31-35-36(34-20)11-10-19-24-32-33-25(26(28,29)30)37(24)17-9-8-14(27)12-16(17)22(42-19)15-6-5-7-18(39-2)23(15)40-3/h5-9,12,19,22H,4,10-11,13H2,1-3H3/t19-,22-/m1/s1. The Hall–Kier alpha value is -4.24. The van der Waals surface area contributed by atoms with Crippen molar-refractivity contribution in [3.63, 3.8) is 0 Å². The highest BCUT2D eigenvalue weighted by Gasteiger charge is 2.43. The van der Waals surface area contributed by atoms with Crippen molar-refractivity contribution in [2.75, 3.05) is 20.8 Å². The fraction of sp³-hybridized carbons (Fsp3) is 0.385. The summed E-state index contributed by atoms with van der Waals surface area (Å²) in [6.07, 6.45) is -6.93. The Kier molecular flexibility index (Phi) is 8.31.